The van der Waals surface area contributed by atoms with Crippen LogP contribution in [0.25, 0.3) is 0 Å². The zero-order chi connectivity index (χ0) is 23.7. The summed E-state index contributed by atoms with van der Waals surface area (Å²) in [6.07, 6.45) is 22.1. The Morgan fingerprint density at radius 3 is 1.31 bits per heavy atom. The van der Waals surface area contributed by atoms with Crippen LogP contribution in [0.2, 0.25) is 0 Å². The van der Waals surface area contributed by atoms with Gasteiger partial charge < -0.3 is 0 Å². The molecule has 0 radical (unpaired) electrons. The van der Waals surface area contributed by atoms with E-state index in [1.807, 2.05) is 0 Å². The van der Waals surface area contributed by atoms with Crippen LogP contribution in [0, 0.1) is 0 Å². The summed E-state index contributed by atoms with van der Waals surface area (Å²) in [7, 11) is 0. The lowest BCUT2D eigenvalue weighted by Gasteiger charge is -2.49. The Labute approximate surface area is 202 Å². The predicted octanol–water partition coefficient (Wildman–Crippen LogP) is 10.3. The van der Waals surface area contributed by atoms with Gasteiger partial charge in [0.05, 0.1) is 0 Å². The molecule has 0 amide bonds. The highest BCUT2D eigenvalue weighted by molar-refractivity contribution is 5.15. The Morgan fingerprint density at radius 2 is 0.906 bits per heavy atom. The molecule has 0 aliphatic carbocycles. The molecule has 0 unspecified atom stereocenters. The van der Waals surface area contributed by atoms with E-state index in [0.717, 1.165) is 6.54 Å². The summed E-state index contributed by atoms with van der Waals surface area (Å²) in [5.74, 6) is 0. The number of rotatable bonds is 20. The standard InChI is InChI=1S/C31H57N/c1-7-9-11-13-15-17-22-26-30(3,4)32(28-29-24-20-19-21-25-29)31(5,6)27-23-18-16-14-12-10-8-2/h19-21,24-25H,7-18,22-23,26-28H2,1-6H3. The third-order valence-corrected chi connectivity index (χ3v) is 7.43. The Balaban J connectivity index is 2.65. The van der Waals surface area contributed by atoms with Crippen molar-refractivity contribution in [1.29, 1.82) is 0 Å². The van der Waals surface area contributed by atoms with E-state index in [2.05, 4.69) is 76.8 Å². The molecule has 32 heavy (non-hydrogen) atoms. The molecular weight excluding hydrogens is 386 g/mol. The maximum atomic E-state index is 2.84. The van der Waals surface area contributed by atoms with Gasteiger partial charge in [0, 0.05) is 17.6 Å². The highest BCUT2D eigenvalue weighted by Gasteiger charge is 2.36. The Bertz CT molecular complexity index is 515. The monoisotopic (exact) mass is 443 g/mol. The minimum absolute atomic E-state index is 0.226. The molecule has 0 aliphatic heterocycles. The molecule has 0 spiro atoms. The number of hydrogen-bond acceptors (Lipinski definition) is 1. The van der Waals surface area contributed by atoms with Crippen LogP contribution >= 0.6 is 0 Å². The maximum absolute atomic E-state index is 2.84. The summed E-state index contributed by atoms with van der Waals surface area (Å²) in [5.41, 5.74) is 1.90. The van der Waals surface area contributed by atoms with Crippen LogP contribution < -0.4 is 0 Å². The number of benzene rings is 1. The van der Waals surface area contributed by atoms with Gasteiger partial charge in [0.25, 0.3) is 0 Å². The van der Waals surface area contributed by atoms with Crippen molar-refractivity contribution >= 4 is 0 Å². The lowest BCUT2D eigenvalue weighted by Crippen LogP contribution is -2.55. The van der Waals surface area contributed by atoms with Crippen LogP contribution in [0.15, 0.2) is 30.3 Å². The first-order valence-electron chi connectivity index (χ1n) is 14.1. The average Bonchev–Trinajstić information content (AvgIpc) is 2.76. The van der Waals surface area contributed by atoms with E-state index in [9.17, 15) is 0 Å². The molecule has 1 aromatic rings. The van der Waals surface area contributed by atoms with Gasteiger partial charge in [-0.2, -0.15) is 0 Å². The first-order valence-corrected chi connectivity index (χ1v) is 14.1. The van der Waals surface area contributed by atoms with Crippen molar-refractivity contribution < 1.29 is 0 Å². The fourth-order valence-electron chi connectivity index (χ4n) is 5.31. The van der Waals surface area contributed by atoms with Crippen molar-refractivity contribution in [2.45, 2.75) is 162 Å². The van der Waals surface area contributed by atoms with E-state index < -0.39 is 0 Å². The van der Waals surface area contributed by atoms with Gasteiger partial charge in [-0.15, -0.1) is 0 Å². The number of hydrogen-bond donors (Lipinski definition) is 0. The maximum Gasteiger partial charge on any atom is 0.0244 e. The van der Waals surface area contributed by atoms with Gasteiger partial charge in [0.1, 0.15) is 0 Å². The molecule has 1 aromatic carbocycles. The second-order valence-corrected chi connectivity index (χ2v) is 11.4. The van der Waals surface area contributed by atoms with Crippen LogP contribution in [-0.4, -0.2) is 16.0 Å². The molecule has 0 saturated carbocycles. The van der Waals surface area contributed by atoms with Gasteiger partial charge >= 0.3 is 0 Å². The minimum Gasteiger partial charge on any atom is -0.289 e. The molecular formula is C31H57N. The molecule has 0 heterocycles. The van der Waals surface area contributed by atoms with Crippen molar-refractivity contribution in [3.8, 4) is 0 Å². The fourth-order valence-corrected chi connectivity index (χ4v) is 5.31. The average molecular weight is 444 g/mol. The Morgan fingerprint density at radius 1 is 0.531 bits per heavy atom. The lowest BCUT2D eigenvalue weighted by atomic mass is 9.85. The van der Waals surface area contributed by atoms with E-state index in [4.69, 9.17) is 0 Å². The van der Waals surface area contributed by atoms with Crippen molar-refractivity contribution in [3.63, 3.8) is 0 Å². The summed E-state index contributed by atoms with van der Waals surface area (Å²) < 4.78 is 0. The minimum atomic E-state index is 0.226. The van der Waals surface area contributed by atoms with Crippen LogP contribution in [0.4, 0.5) is 0 Å². The topological polar surface area (TPSA) is 3.24 Å². The van der Waals surface area contributed by atoms with E-state index in [0.29, 0.717) is 0 Å². The highest BCUT2D eigenvalue weighted by atomic mass is 15.2. The van der Waals surface area contributed by atoms with Crippen molar-refractivity contribution in [3.05, 3.63) is 35.9 Å². The third-order valence-electron chi connectivity index (χ3n) is 7.43. The third kappa shape index (κ3) is 12.4. The van der Waals surface area contributed by atoms with Gasteiger partial charge in [-0.25, -0.2) is 0 Å². The van der Waals surface area contributed by atoms with Crippen LogP contribution in [0.3, 0.4) is 0 Å². The molecule has 1 nitrogen and oxygen atoms in total. The lowest BCUT2D eigenvalue weighted by molar-refractivity contribution is -0.00509. The molecule has 0 fully saturated rings. The van der Waals surface area contributed by atoms with Gasteiger partial charge in [0.15, 0.2) is 0 Å². The zero-order valence-electron chi connectivity index (χ0n) is 22.9. The van der Waals surface area contributed by atoms with E-state index in [-0.39, 0.29) is 11.1 Å². The largest absolute Gasteiger partial charge is 0.289 e. The number of unbranched alkanes of at least 4 members (excludes halogenated alkanes) is 12. The molecule has 186 valence electrons. The normalized spacial score (nSPS) is 12.6. The van der Waals surface area contributed by atoms with Gasteiger partial charge in [-0.1, -0.05) is 134 Å². The SMILES string of the molecule is CCCCCCCCCC(C)(C)N(Cc1ccccc1)C(C)(C)CCCCCCCCC. The summed E-state index contributed by atoms with van der Waals surface area (Å²) in [6.45, 7) is 15.7. The van der Waals surface area contributed by atoms with E-state index in [1.165, 1.54) is 108 Å². The summed E-state index contributed by atoms with van der Waals surface area (Å²) >= 11 is 0. The summed E-state index contributed by atoms with van der Waals surface area (Å²) in [5, 5.41) is 0. The molecule has 0 aliphatic rings. The summed E-state index contributed by atoms with van der Waals surface area (Å²) in [6, 6.07) is 11.1. The second-order valence-electron chi connectivity index (χ2n) is 11.4. The van der Waals surface area contributed by atoms with E-state index in [1.54, 1.807) is 0 Å². The van der Waals surface area contributed by atoms with Gasteiger partial charge in [-0.3, -0.25) is 4.90 Å². The smallest absolute Gasteiger partial charge is 0.0244 e. The first-order chi connectivity index (χ1) is 15.3. The second kappa shape index (κ2) is 16.7. The zero-order valence-corrected chi connectivity index (χ0v) is 22.9. The molecule has 0 bridgehead atoms. The Hall–Kier alpha value is -0.820. The van der Waals surface area contributed by atoms with Crippen LogP contribution in [-0.2, 0) is 6.54 Å². The molecule has 0 N–H and O–H groups in total. The van der Waals surface area contributed by atoms with Crippen molar-refractivity contribution in [1.82, 2.24) is 4.90 Å². The fraction of sp³-hybridized carbons (Fsp3) is 0.806. The molecule has 0 saturated heterocycles. The van der Waals surface area contributed by atoms with Crippen molar-refractivity contribution in [2.24, 2.45) is 0 Å². The summed E-state index contributed by atoms with van der Waals surface area (Å²) in [4.78, 5) is 2.84. The molecule has 0 atom stereocenters. The molecule has 0 aromatic heterocycles. The highest BCUT2D eigenvalue weighted by Crippen LogP contribution is 2.35. The molecule has 1 heteroatoms. The quantitative estimate of drug-likeness (QED) is 0.181. The van der Waals surface area contributed by atoms with Crippen LogP contribution in [0.1, 0.15) is 150 Å². The van der Waals surface area contributed by atoms with Gasteiger partial charge in [0.2, 0.25) is 0 Å². The van der Waals surface area contributed by atoms with Crippen molar-refractivity contribution in [2.75, 3.05) is 0 Å². The first kappa shape index (κ1) is 29.2. The van der Waals surface area contributed by atoms with E-state index >= 15 is 0 Å². The molecule has 1 rings (SSSR count). The number of nitrogens with zero attached hydrogens (tertiary/aromatic N) is 1. The predicted molar refractivity (Wildman–Crippen MR) is 145 cm³/mol. The van der Waals surface area contributed by atoms with Crippen LogP contribution in [0.5, 0.6) is 0 Å². The Kier molecular flexibility index (Phi) is 15.3. The van der Waals surface area contributed by atoms with Gasteiger partial charge in [-0.05, 0) is 46.1 Å².